The molecular weight excluding hydrogens is 687 g/mol. The van der Waals surface area contributed by atoms with E-state index in [1.54, 1.807) is 68.4 Å². The van der Waals surface area contributed by atoms with Gasteiger partial charge in [-0.1, -0.05) is 53.6 Å². The second-order valence-electron chi connectivity index (χ2n) is 12.5. The Balaban J connectivity index is 0.000000287. The fraction of sp³-hybridized carbons (Fsp3) is 0.275. The number of esters is 2. The van der Waals surface area contributed by atoms with Gasteiger partial charge in [0.25, 0.3) is 0 Å². The zero-order valence-corrected chi connectivity index (χ0v) is 29.7. The van der Waals surface area contributed by atoms with E-state index >= 15 is 0 Å². The minimum absolute atomic E-state index is 0.0332. The standard InChI is InChI=1S/C20H23FN2O2.C20H18O8/c1-23(2)11-3-10-20(25,17-5-7-18(21)8-6-17)19-9-4-15(13-22)12-16(19)14-24;1-11-3-7-13(8-4-11)19(25)27-15(17(21)22)16(18(23)24)28-20(26)14-9-5-12(2)6-10-14/h4-9,12,24-25H,3,10-11,14H2,1-2H3;3-10,15-16H,1-2H3,(H,21,22)(H,23,24)/t20-;15-,16-/m11/s1. The predicted molar refractivity (Wildman–Crippen MR) is 190 cm³/mol. The maximum absolute atomic E-state index is 13.3. The molecule has 4 aromatic rings. The number of halogens is 1. The molecule has 0 aliphatic rings. The van der Waals surface area contributed by atoms with Gasteiger partial charge in [0, 0.05) is 0 Å². The lowest BCUT2D eigenvalue weighted by Crippen LogP contribution is -2.45. The van der Waals surface area contributed by atoms with Crippen molar-refractivity contribution in [3.63, 3.8) is 0 Å². The van der Waals surface area contributed by atoms with Crippen molar-refractivity contribution in [3.8, 4) is 6.07 Å². The molecule has 0 aromatic heterocycles. The van der Waals surface area contributed by atoms with Crippen LogP contribution >= 0.6 is 0 Å². The fourth-order valence-electron chi connectivity index (χ4n) is 5.24. The van der Waals surface area contributed by atoms with Crippen LogP contribution in [0.5, 0.6) is 0 Å². The van der Waals surface area contributed by atoms with Crippen molar-refractivity contribution >= 4 is 23.9 Å². The molecule has 4 aromatic carbocycles. The summed E-state index contributed by atoms with van der Waals surface area (Å²) in [4.78, 5) is 49.4. The Hall–Kier alpha value is -5.94. The van der Waals surface area contributed by atoms with Crippen molar-refractivity contribution in [2.75, 3.05) is 20.6 Å². The number of nitriles is 1. The van der Waals surface area contributed by atoms with Crippen LogP contribution in [0.3, 0.4) is 0 Å². The van der Waals surface area contributed by atoms with Crippen LogP contribution in [0, 0.1) is 31.0 Å². The molecule has 0 saturated carbocycles. The summed E-state index contributed by atoms with van der Waals surface area (Å²) < 4.78 is 23.0. The summed E-state index contributed by atoms with van der Waals surface area (Å²) in [6.07, 6.45) is -3.32. The van der Waals surface area contributed by atoms with Crippen molar-refractivity contribution in [2.45, 2.75) is 51.1 Å². The second kappa shape index (κ2) is 19.1. The summed E-state index contributed by atoms with van der Waals surface area (Å²) in [5.74, 6) is -5.99. The van der Waals surface area contributed by atoms with Gasteiger partial charge in [0.1, 0.15) is 11.4 Å². The number of aliphatic hydroxyl groups is 2. The molecule has 3 atom stereocenters. The first-order chi connectivity index (χ1) is 25.1. The molecule has 0 aliphatic carbocycles. The van der Waals surface area contributed by atoms with Crippen molar-refractivity contribution in [1.29, 1.82) is 5.26 Å². The molecule has 0 fully saturated rings. The lowest BCUT2D eigenvalue weighted by molar-refractivity contribution is -0.166. The molecule has 0 radical (unpaired) electrons. The number of aliphatic hydroxyl groups excluding tert-OH is 1. The number of carboxylic acid groups (broad SMARTS) is 2. The van der Waals surface area contributed by atoms with Gasteiger partial charge in [0.2, 0.25) is 12.2 Å². The molecule has 13 heteroatoms. The summed E-state index contributed by atoms with van der Waals surface area (Å²) in [5.41, 5.74) is 2.44. The zero-order valence-electron chi connectivity index (χ0n) is 29.7. The first kappa shape index (κ1) is 41.5. The third-order valence-corrected chi connectivity index (χ3v) is 8.12. The van der Waals surface area contributed by atoms with Gasteiger partial charge in [0.05, 0.1) is 29.4 Å². The van der Waals surface area contributed by atoms with Crippen molar-refractivity contribution in [1.82, 2.24) is 4.90 Å². The molecule has 0 bridgehead atoms. The SMILES string of the molecule is CN(C)CCC[C@@](O)(c1ccc(F)cc1)c1ccc(C#N)cc1CO.Cc1ccc(C(=O)O[C@@H](C(=O)O)[C@@H](OC(=O)c2ccc(C)cc2)C(=O)O)cc1. The van der Waals surface area contributed by atoms with Gasteiger partial charge in [-0.05, 0) is 113 Å². The van der Waals surface area contributed by atoms with Gasteiger partial charge >= 0.3 is 23.9 Å². The molecule has 278 valence electrons. The van der Waals surface area contributed by atoms with Crippen molar-refractivity contribution < 1.29 is 53.5 Å². The van der Waals surface area contributed by atoms with Crippen LogP contribution in [0.15, 0.2) is 91.0 Å². The molecule has 0 saturated heterocycles. The number of nitrogens with zero attached hydrogens (tertiary/aromatic N) is 2. The van der Waals surface area contributed by atoms with Crippen LogP contribution in [0.4, 0.5) is 4.39 Å². The summed E-state index contributed by atoms with van der Waals surface area (Å²) in [5, 5.41) is 48.9. The van der Waals surface area contributed by atoms with Gasteiger partial charge in [-0.15, -0.1) is 0 Å². The van der Waals surface area contributed by atoms with E-state index in [0.29, 0.717) is 35.1 Å². The van der Waals surface area contributed by atoms with Gasteiger partial charge < -0.3 is 34.8 Å². The van der Waals surface area contributed by atoms with Crippen LogP contribution in [0.2, 0.25) is 0 Å². The largest absolute Gasteiger partial charge is 0.478 e. The summed E-state index contributed by atoms with van der Waals surface area (Å²) in [6.45, 7) is 4.08. The zero-order chi connectivity index (χ0) is 39.3. The van der Waals surface area contributed by atoms with Crippen LogP contribution in [-0.2, 0) is 31.3 Å². The van der Waals surface area contributed by atoms with E-state index in [2.05, 4.69) is 0 Å². The molecule has 53 heavy (non-hydrogen) atoms. The number of carbonyl (C=O) groups is 4. The Morgan fingerprint density at radius 2 is 1.26 bits per heavy atom. The third kappa shape index (κ3) is 11.5. The van der Waals surface area contributed by atoms with E-state index in [9.17, 15) is 44.0 Å². The Kier molecular flexibility index (Phi) is 14.9. The lowest BCUT2D eigenvalue weighted by Gasteiger charge is -2.32. The van der Waals surface area contributed by atoms with E-state index in [0.717, 1.165) is 17.7 Å². The van der Waals surface area contributed by atoms with E-state index < -0.39 is 41.7 Å². The topological polar surface area (TPSA) is 195 Å². The highest BCUT2D eigenvalue weighted by atomic mass is 19.1. The van der Waals surface area contributed by atoms with Gasteiger partial charge in [-0.2, -0.15) is 5.26 Å². The van der Waals surface area contributed by atoms with Crippen molar-refractivity contribution in [3.05, 3.63) is 141 Å². The number of ether oxygens (including phenoxy) is 2. The molecular formula is C40H41FN2O10. The third-order valence-electron chi connectivity index (χ3n) is 8.12. The molecule has 0 unspecified atom stereocenters. The molecule has 4 rings (SSSR count). The molecule has 0 spiro atoms. The minimum Gasteiger partial charge on any atom is -0.478 e. The average Bonchev–Trinajstić information content (AvgIpc) is 3.13. The van der Waals surface area contributed by atoms with E-state index in [1.807, 2.05) is 25.1 Å². The smallest absolute Gasteiger partial charge is 0.349 e. The van der Waals surface area contributed by atoms with Crippen LogP contribution in [0.1, 0.15) is 66.9 Å². The highest BCUT2D eigenvalue weighted by molar-refractivity contribution is 5.95. The number of aliphatic carboxylic acids is 2. The Morgan fingerprint density at radius 3 is 1.66 bits per heavy atom. The fourth-order valence-corrected chi connectivity index (χ4v) is 5.24. The van der Waals surface area contributed by atoms with Crippen LogP contribution in [0.25, 0.3) is 0 Å². The van der Waals surface area contributed by atoms with Gasteiger partial charge in [-0.25, -0.2) is 23.6 Å². The molecule has 0 amide bonds. The average molecular weight is 729 g/mol. The number of benzene rings is 4. The summed E-state index contributed by atoms with van der Waals surface area (Å²) >= 11 is 0. The highest BCUT2D eigenvalue weighted by Crippen LogP contribution is 2.37. The molecule has 0 aliphatic heterocycles. The lowest BCUT2D eigenvalue weighted by atomic mass is 9.80. The number of aryl methyl sites for hydroxylation is 2. The summed E-state index contributed by atoms with van der Waals surface area (Å²) in [6, 6.07) is 24.7. The second-order valence-corrected chi connectivity index (χ2v) is 12.5. The monoisotopic (exact) mass is 728 g/mol. The van der Waals surface area contributed by atoms with E-state index in [4.69, 9.17) is 14.7 Å². The van der Waals surface area contributed by atoms with Crippen LogP contribution in [-0.4, -0.2) is 82.1 Å². The summed E-state index contributed by atoms with van der Waals surface area (Å²) in [7, 11) is 3.91. The number of rotatable bonds is 14. The molecule has 0 heterocycles. The van der Waals surface area contributed by atoms with Crippen molar-refractivity contribution in [2.24, 2.45) is 0 Å². The molecule has 4 N–H and O–H groups in total. The normalized spacial score (nSPS) is 13.0. The number of hydrogen-bond acceptors (Lipinski definition) is 10. The first-order valence-corrected chi connectivity index (χ1v) is 16.4. The Bertz CT molecular complexity index is 1850. The minimum atomic E-state index is -2.22. The van der Waals surface area contributed by atoms with E-state index in [1.165, 1.54) is 36.4 Å². The Morgan fingerprint density at radius 1 is 0.792 bits per heavy atom. The first-order valence-electron chi connectivity index (χ1n) is 16.4. The maximum atomic E-state index is 13.3. The quantitative estimate of drug-likeness (QED) is 0.127. The number of carboxylic acids is 2. The van der Waals surface area contributed by atoms with Gasteiger partial charge in [-0.3, -0.25) is 0 Å². The maximum Gasteiger partial charge on any atom is 0.349 e. The number of hydrogen-bond donors (Lipinski definition) is 4. The predicted octanol–water partition coefficient (Wildman–Crippen LogP) is 4.99. The van der Waals surface area contributed by atoms with E-state index in [-0.39, 0.29) is 23.6 Å². The Labute approximate surface area is 306 Å². The highest BCUT2D eigenvalue weighted by Gasteiger charge is 2.41. The number of carbonyl (C=O) groups excluding carboxylic acids is 2. The van der Waals surface area contributed by atoms with Crippen LogP contribution < -0.4 is 0 Å². The molecule has 12 nitrogen and oxygen atoms in total. The van der Waals surface area contributed by atoms with Gasteiger partial charge in [0.15, 0.2) is 0 Å².